The molecule has 41 heavy (non-hydrogen) atoms. The van der Waals surface area contributed by atoms with Gasteiger partial charge in [0.2, 0.25) is 0 Å². The molecule has 0 bridgehead atoms. The van der Waals surface area contributed by atoms with Gasteiger partial charge in [0.05, 0.1) is 0 Å². The molecule has 0 heteroatoms. The first-order valence-corrected chi connectivity index (χ1v) is 14.3. The predicted octanol–water partition coefficient (Wildman–Crippen LogP) is 11.7. The Hall–Kier alpha value is -5.20. The molecule has 0 nitrogen and oxygen atoms in total. The van der Waals surface area contributed by atoms with E-state index in [4.69, 9.17) is 0 Å². The van der Waals surface area contributed by atoms with Crippen LogP contribution < -0.4 is 0 Å². The van der Waals surface area contributed by atoms with E-state index in [9.17, 15) is 0 Å². The highest BCUT2D eigenvalue weighted by atomic mass is 14.2. The summed E-state index contributed by atoms with van der Waals surface area (Å²) in [6.07, 6.45) is 0. The predicted molar refractivity (Wildman–Crippen MR) is 178 cm³/mol. The molecule has 0 radical (unpaired) electrons. The zero-order valence-electron chi connectivity index (χ0n) is 22.8. The Morgan fingerprint density at radius 2 is 0.902 bits per heavy atom. The van der Waals surface area contributed by atoms with Gasteiger partial charge in [-0.3, -0.25) is 0 Å². The minimum atomic E-state index is 1.25. The molecule has 0 saturated heterocycles. The third-order valence-corrected chi connectivity index (χ3v) is 9.01. The van der Waals surface area contributed by atoms with Crippen LogP contribution in [0.5, 0.6) is 0 Å². The van der Waals surface area contributed by atoms with E-state index in [0.717, 1.165) is 0 Å². The zero-order valence-corrected chi connectivity index (χ0v) is 22.8. The second-order valence-corrected chi connectivity index (χ2v) is 11.4. The topological polar surface area (TPSA) is 0 Å². The van der Waals surface area contributed by atoms with Crippen molar-refractivity contribution in [3.63, 3.8) is 0 Å². The lowest BCUT2D eigenvalue weighted by Crippen LogP contribution is -1.89. The summed E-state index contributed by atoms with van der Waals surface area (Å²) in [6.45, 7) is 2.15. The van der Waals surface area contributed by atoms with Crippen molar-refractivity contribution in [3.8, 4) is 22.3 Å². The third kappa shape index (κ3) is 3.34. The highest BCUT2D eigenvalue weighted by Gasteiger charge is 2.16. The van der Waals surface area contributed by atoms with Crippen LogP contribution in [0, 0.1) is 6.92 Å². The molecule has 0 aromatic heterocycles. The molecule has 0 aliphatic rings. The molecule has 0 aliphatic heterocycles. The highest BCUT2D eigenvalue weighted by Crippen LogP contribution is 2.44. The van der Waals surface area contributed by atoms with Gasteiger partial charge in [-0.05, 0) is 112 Å². The van der Waals surface area contributed by atoms with E-state index >= 15 is 0 Å². The first-order valence-electron chi connectivity index (χ1n) is 14.3. The van der Waals surface area contributed by atoms with Crippen molar-refractivity contribution in [2.45, 2.75) is 6.92 Å². The maximum Gasteiger partial charge on any atom is -0.00141 e. The van der Waals surface area contributed by atoms with Gasteiger partial charge in [-0.25, -0.2) is 0 Å². The Labute approximate surface area is 238 Å². The molecule has 0 unspecified atom stereocenters. The number of fused-ring (bicyclic) bond motifs is 5. The summed E-state index contributed by atoms with van der Waals surface area (Å²) in [5.74, 6) is 0. The lowest BCUT2D eigenvalue weighted by molar-refractivity contribution is 1.50. The largest absolute Gasteiger partial charge is 0.0616 e. The molecule has 0 N–H and O–H groups in total. The lowest BCUT2D eigenvalue weighted by Gasteiger charge is -2.17. The van der Waals surface area contributed by atoms with Crippen LogP contribution in [0.4, 0.5) is 0 Å². The Kier molecular flexibility index (Phi) is 4.63. The fraction of sp³-hybridized carbons (Fsp3) is 0.0244. The summed E-state index contributed by atoms with van der Waals surface area (Å²) in [4.78, 5) is 0. The molecule has 0 atom stereocenters. The van der Waals surface area contributed by atoms with Gasteiger partial charge in [0.15, 0.2) is 0 Å². The second-order valence-electron chi connectivity index (χ2n) is 11.4. The monoisotopic (exact) mass is 518 g/mol. The molecule has 0 spiro atoms. The molecule has 9 rings (SSSR count). The van der Waals surface area contributed by atoms with Crippen molar-refractivity contribution in [2.75, 3.05) is 0 Å². The van der Waals surface area contributed by atoms with Gasteiger partial charge in [0.1, 0.15) is 0 Å². The van der Waals surface area contributed by atoms with Crippen LogP contribution in [0.3, 0.4) is 0 Å². The number of aryl methyl sites for hydroxylation is 1. The molecule has 9 aromatic carbocycles. The number of hydrogen-bond acceptors (Lipinski definition) is 0. The number of benzene rings is 9. The Balaban J connectivity index is 1.26. The van der Waals surface area contributed by atoms with E-state index in [1.807, 2.05) is 0 Å². The van der Waals surface area contributed by atoms with Gasteiger partial charge in [0, 0.05) is 0 Å². The Morgan fingerprint density at radius 3 is 1.73 bits per heavy atom. The molecule has 0 aliphatic carbocycles. The van der Waals surface area contributed by atoms with Crippen molar-refractivity contribution in [2.24, 2.45) is 0 Å². The molecular weight excluding hydrogens is 492 g/mol. The van der Waals surface area contributed by atoms with Crippen molar-refractivity contribution in [1.82, 2.24) is 0 Å². The van der Waals surface area contributed by atoms with Crippen LogP contribution in [0.15, 0.2) is 140 Å². The minimum absolute atomic E-state index is 1.25. The van der Waals surface area contributed by atoms with Crippen molar-refractivity contribution < 1.29 is 0 Å². The van der Waals surface area contributed by atoms with Crippen molar-refractivity contribution in [1.29, 1.82) is 0 Å². The summed E-state index contributed by atoms with van der Waals surface area (Å²) in [5.41, 5.74) is 6.34. The molecule has 0 fully saturated rings. The smallest absolute Gasteiger partial charge is 0.00141 e. The normalized spacial score (nSPS) is 12.0. The van der Waals surface area contributed by atoms with Crippen LogP contribution in [0.2, 0.25) is 0 Å². The fourth-order valence-electron chi connectivity index (χ4n) is 7.02. The Morgan fingerprint density at radius 1 is 0.317 bits per heavy atom. The Bertz CT molecular complexity index is 2480. The van der Waals surface area contributed by atoms with Gasteiger partial charge >= 0.3 is 0 Å². The number of rotatable bonds is 2. The van der Waals surface area contributed by atoms with E-state index in [1.165, 1.54) is 92.5 Å². The van der Waals surface area contributed by atoms with Crippen molar-refractivity contribution in [3.05, 3.63) is 145 Å². The maximum absolute atomic E-state index is 2.37. The van der Waals surface area contributed by atoms with Crippen LogP contribution in [0.25, 0.3) is 86.9 Å². The number of hydrogen-bond donors (Lipinski definition) is 0. The van der Waals surface area contributed by atoms with E-state index in [0.29, 0.717) is 0 Å². The minimum Gasteiger partial charge on any atom is -0.0616 e. The highest BCUT2D eigenvalue weighted by molar-refractivity contribution is 6.35. The van der Waals surface area contributed by atoms with Crippen molar-refractivity contribution >= 4 is 64.6 Å². The quantitative estimate of drug-likeness (QED) is 0.158. The summed E-state index contributed by atoms with van der Waals surface area (Å²) >= 11 is 0. The van der Waals surface area contributed by atoms with E-state index in [1.54, 1.807) is 0 Å². The van der Waals surface area contributed by atoms with Gasteiger partial charge in [-0.1, -0.05) is 127 Å². The molecular formula is C41H26. The summed E-state index contributed by atoms with van der Waals surface area (Å²) in [6, 6.07) is 52.1. The van der Waals surface area contributed by atoms with Crippen LogP contribution in [-0.4, -0.2) is 0 Å². The molecule has 190 valence electrons. The molecule has 0 saturated carbocycles. The van der Waals surface area contributed by atoms with Gasteiger partial charge in [0.25, 0.3) is 0 Å². The standard InChI is InChI=1S/C41H26/c1-25-9-10-29-22-30(15-14-28(29)21-25)31-13-11-26-12-16-32(24-33(26)23-31)34-19-20-39-36-7-3-2-6-35(36)37-8-4-5-27-17-18-38(34)41(39)40(27)37/h2-24H,1H3. The average Bonchev–Trinajstić information content (AvgIpc) is 3.03. The van der Waals surface area contributed by atoms with E-state index in [-0.39, 0.29) is 0 Å². The second kappa shape index (κ2) is 8.40. The van der Waals surface area contributed by atoms with Gasteiger partial charge in [-0.2, -0.15) is 0 Å². The van der Waals surface area contributed by atoms with Crippen LogP contribution in [0.1, 0.15) is 5.56 Å². The fourth-order valence-corrected chi connectivity index (χ4v) is 7.02. The van der Waals surface area contributed by atoms with E-state index in [2.05, 4.69) is 146 Å². The summed E-state index contributed by atoms with van der Waals surface area (Å²) in [5, 5.41) is 15.8. The zero-order chi connectivity index (χ0) is 27.1. The van der Waals surface area contributed by atoms with Crippen LogP contribution >= 0.6 is 0 Å². The summed E-state index contributed by atoms with van der Waals surface area (Å²) in [7, 11) is 0. The third-order valence-electron chi connectivity index (χ3n) is 9.01. The molecule has 0 heterocycles. The summed E-state index contributed by atoms with van der Waals surface area (Å²) < 4.78 is 0. The first kappa shape index (κ1) is 22.6. The van der Waals surface area contributed by atoms with Gasteiger partial charge < -0.3 is 0 Å². The average molecular weight is 519 g/mol. The van der Waals surface area contributed by atoms with Crippen LogP contribution in [-0.2, 0) is 0 Å². The lowest BCUT2D eigenvalue weighted by atomic mass is 9.86. The molecule has 9 aromatic rings. The van der Waals surface area contributed by atoms with E-state index < -0.39 is 0 Å². The maximum atomic E-state index is 2.37. The SMILES string of the molecule is Cc1ccc2cc(-c3ccc4ccc(-c5ccc6c7ccccc7c7cccc8ccc5c6c87)cc4c3)ccc2c1. The first-order chi connectivity index (χ1) is 20.2. The molecule has 0 amide bonds. The van der Waals surface area contributed by atoms with Gasteiger partial charge in [-0.15, -0.1) is 0 Å².